The number of nitrogens with zero attached hydrogens (tertiary/aromatic N) is 1. The molecule has 0 fully saturated rings. The molecule has 0 saturated heterocycles. The number of fused-ring (bicyclic) bond motifs is 1. The number of nitrogens with one attached hydrogen (secondary N) is 1. The molecule has 1 unspecified atom stereocenters. The molecule has 0 saturated carbocycles. The van der Waals surface area contributed by atoms with E-state index in [2.05, 4.69) is 21.0 Å². The van der Waals surface area contributed by atoms with Gasteiger partial charge in [-0.15, -0.1) is 0 Å². The van der Waals surface area contributed by atoms with Crippen molar-refractivity contribution in [1.29, 1.82) is 0 Å². The van der Waals surface area contributed by atoms with Crippen LogP contribution in [0.4, 0.5) is 0 Å². The summed E-state index contributed by atoms with van der Waals surface area (Å²) in [5.74, 6) is 0. The predicted molar refractivity (Wildman–Crippen MR) is 68.6 cm³/mol. The van der Waals surface area contributed by atoms with E-state index in [1.54, 1.807) is 24.3 Å². The largest absolute Gasteiger partial charge is 0.390 e. The molecule has 0 amide bonds. The topological polar surface area (TPSA) is 75.1 Å². The molecule has 17 heavy (non-hydrogen) atoms. The van der Waals surface area contributed by atoms with Crippen molar-refractivity contribution in [3.63, 3.8) is 0 Å². The summed E-state index contributed by atoms with van der Waals surface area (Å²) >= 11 is 3.11. The molecule has 2 rings (SSSR count). The highest BCUT2D eigenvalue weighted by Gasteiger charge is 2.09. The zero-order valence-electron chi connectivity index (χ0n) is 8.89. The molecule has 2 aromatic rings. The first-order chi connectivity index (χ1) is 8.13. The quantitative estimate of drug-likeness (QED) is 0.808. The van der Waals surface area contributed by atoms with E-state index in [1.807, 2.05) is 0 Å². The highest BCUT2D eigenvalue weighted by atomic mass is 79.9. The second-order valence-corrected chi connectivity index (χ2v) is 4.36. The van der Waals surface area contributed by atoms with E-state index in [9.17, 15) is 14.7 Å². The first-order valence-corrected chi connectivity index (χ1v) is 6.21. The van der Waals surface area contributed by atoms with Gasteiger partial charge in [0.25, 0.3) is 11.1 Å². The van der Waals surface area contributed by atoms with Crippen LogP contribution in [0.3, 0.4) is 0 Å². The fraction of sp³-hybridized carbons (Fsp3) is 0.273. The molecule has 1 aromatic carbocycles. The standard InChI is InChI=1S/C11H11BrN2O3/c12-5-7(15)6-14-11(17)9-4-2-1-3-8(9)10(16)13-14/h1-4,7,15H,5-6H2,(H,13,16). The van der Waals surface area contributed by atoms with Crippen LogP contribution in [0.1, 0.15) is 0 Å². The molecule has 0 bridgehead atoms. The SMILES string of the molecule is O=c1[nH]n(CC(O)CBr)c(=O)c2ccccc12. The molecule has 90 valence electrons. The van der Waals surface area contributed by atoms with E-state index >= 15 is 0 Å². The number of rotatable bonds is 3. The first kappa shape index (κ1) is 12.1. The lowest BCUT2D eigenvalue weighted by Crippen LogP contribution is -2.34. The summed E-state index contributed by atoms with van der Waals surface area (Å²) in [6, 6.07) is 6.61. The maximum Gasteiger partial charge on any atom is 0.273 e. The number of H-pyrrole nitrogens is 1. The molecule has 0 radical (unpaired) electrons. The number of aliphatic hydroxyl groups is 1. The monoisotopic (exact) mass is 298 g/mol. The average Bonchev–Trinajstić information content (AvgIpc) is 2.35. The number of aliphatic hydroxyl groups excluding tert-OH is 1. The van der Waals surface area contributed by atoms with Gasteiger partial charge in [-0.3, -0.25) is 14.7 Å². The van der Waals surface area contributed by atoms with Crippen molar-refractivity contribution in [1.82, 2.24) is 9.78 Å². The van der Waals surface area contributed by atoms with Gasteiger partial charge in [0.15, 0.2) is 0 Å². The van der Waals surface area contributed by atoms with Gasteiger partial charge in [0.2, 0.25) is 0 Å². The first-order valence-electron chi connectivity index (χ1n) is 5.09. The molecule has 0 aliphatic heterocycles. The van der Waals surface area contributed by atoms with Crippen LogP contribution < -0.4 is 11.1 Å². The normalized spacial score (nSPS) is 12.8. The lowest BCUT2D eigenvalue weighted by molar-refractivity contribution is 0.172. The number of aromatic nitrogens is 2. The summed E-state index contributed by atoms with van der Waals surface area (Å²) in [5.41, 5.74) is -0.637. The van der Waals surface area contributed by atoms with E-state index in [4.69, 9.17) is 0 Å². The molecule has 5 nitrogen and oxygen atoms in total. The minimum absolute atomic E-state index is 0.0597. The Hall–Kier alpha value is -1.40. The number of halogens is 1. The molecule has 1 atom stereocenters. The van der Waals surface area contributed by atoms with E-state index in [-0.39, 0.29) is 17.7 Å². The molecule has 2 N–H and O–H groups in total. The third-order valence-electron chi connectivity index (χ3n) is 2.46. The number of hydrogen-bond donors (Lipinski definition) is 2. The van der Waals surface area contributed by atoms with Crippen molar-refractivity contribution in [3.8, 4) is 0 Å². The molecular formula is C11H11BrN2O3. The van der Waals surface area contributed by atoms with E-state index in [0.717, 1.165) is 4.68 Å². The minimum Gasteiger partial charge on any atom is -0.390 e. The van der Waals surface area contributed by atoms with Crippen molar-refractivity contribution in [2.24, 2.45) is 0 Å². The van der Waals surface area contributed by atoms with Gasteiger partial charge in [-0.2, -0.15) is 0 Å². The lowest BCUT2D eigenvalue weighted by atomic mass is 10.2. The smallest absolute Gasteiger partial charge is 0.273 e. The second-order valence-electron chi connectivity index (χ2n) is 3.71. The third-order valence-corrected chi connectivity index (χ3v) is 3.20. The average molecular weight is 299 g/mol. The fourth-order valence-electron chi connectivity index (χ4n) is 1.63. The summed E-state index contributed by atoms with van der Waals surface area (Å²) in [6.07, 6.45) is -0.718. The van der Waals surface area contributed by atoms with Crippen LogP contribution in [0.2, 0.25) is 0 Å². The van der Waals surface area contributed by atoms with Crippen LogP contribution in [0.25, 0.3) is 10.8 Å². The molecule has 1 heterocycles. The van der Waals surface area contributed by atoms with Crippen molar-refractivity contribution in [2.75, 3.05) is 5.33 Å². The van der Waals surface area contributed by atoms with Crippen molar-refractivity contribution in [3.05, 3.63) is 45.0 Å². The van der Waals surface area contributed by atoms with E-state index in [0.29, 0.717) is 16.1 Å². The zero-order chi connectivity index (χ0) is 12.4. The van der Waals surface area contributed by atoms with Gasteiger partial charge >= 0.3 is 0 Å². The second kappa shape index (κ2) is 4.85. The van der Waals surface area contributed by atoms with Crippen LogP contribution in [-0.4, -0.2) is 26.3 Å². The summed E-state index contributed by atoms with van der Waals surface area (Å²) in [4.78, 5) is 23.7. The van der Waals surface area contributed by atoms with Gasteiger partial charge in [-0.1, -0.05) is 28.1 Å². The van der Waals surface area contributed by atoms with Crippen LogP contribution in [0, 0.1) is 0 Å². The van der Waals surface area contributed by atoms with Gasteiger partial charge < -0.3 is 5.11 Å². The predicted octanol–water partition coefficient (Wildman–Crippen LogP) is 0.446. The number of aromatic amines is 1. The summed E-state index contributed by atoms with van der Waals surface area (Å²) in [6.45, 7) is 0.0597. The van der Waals surface area contributed by atoms with Crippen molar-refractivity contribution < 1.29 is 5.11 Å². The number of alkyl halides is 1. The number of benzene rings is 1. The van der Waals surface area contributed by atoms with Crippen LogP contribution in [-0.2, 0) is 6.54 Å². The van der Waals surface area contributed by atoms with Crippen LogP contribution >= 0.6 is 15.9 Å². The maximum absolute atomic E-state index is 12.0. The van der Waals surface area contributed by atoms with E-state index < -0.39 is 6.10 Å². The zero-order valence-corrected chi connectivity index (χ0v) is 10.5. The Morgan fingerprint density at radius 2 is 1.94 bits per heavy atom. The molecular weight excluding hydrogens is 288 g/mol. The lowest BCUT2D eigenvalue weighted by Gasteiger charge is -2.10. The maximum atomic E-state index is 12.0. The fourth-order valence-corrected chi connectivity index (χ4v) is 1.84. The Labute approximate surface area is 105 Å². The molecule has 0 aliphatic carbocycles. The van der Waals surface area contributed by atoms with Crippen LogP contribution in [0.15, 0.2) is 33.9 Å². The summed E-state index contributed by atoms with van der Waals surface area (Å²) in [7, 11) is 0. The van der Waals surface area contributed by atoms with Gasteiger partial charge in [0, 0.05) is 5.33 Å². The van der Waals surface area contributed by atoms with E-state index in [1.165, 1.54) is 0 Å². The Balaban J connectivity index is 2.63. The summed E-state index contributed by atoms with van der Waals surface area (Å²) in [5, 5.41) is 13.0. The van der Waals surface area contributed by atoms with Gasteiger partial charge in [-0.25, -0.2) is 4.68 Å². The number of hydrogen-bond acceptors (Lipinski definition) is 3. The summed E-state index contributed by atoms with van der Waals surface area (Å²) < 4.78 is 1.14. The highest BCUT2D eigenvalue weighted by Crippen LogP contribution is 2.02. The third kappa shape index (κ3) is 2.32. The van der Waals surface area contributed by atoms with Crippen molar-refractivity contribution in [2.45, 2.75) is 12.6 Å². The molecule has 0 spiro atoms. The van der Waals surface area contributed by atoms with Crippen molar-refractivity contribution >= 4 is 26.7 Å². The molecule has 6 heteroatoms. The Bertz CT molecular complexity index is 647. The van der Waals surface area contributed by atoms with Gasteiger partial charge in [0.1, 0.15) is 0 Å². The Morgan fingerprint density at radius 3 is 2.59 bits per heavy atom. The Kier molecular flexibility index (Phi) is 3.44. The molecule has 1 aromatic heterocycles. The Morgan fingerprint density at radius 1 is 1.29 bits per heavy atom. The van der Waals surface area contributed by atoms with Gasteiger partial charge in [0.05, 0.1) is 23.4 Å². The van der Waals surface area contributed by atoms with Gasteiger partial charge in [-0.05, 0) is 12.1 Å². The molecule has 0 aliphatic rings. The van der Waals surface area contributed by atoms with Crippen LogP contribution in [0.5, 0.6) is 0 Å². The highest BCUT2D eigenvalue weighted by molar-refractivity contribution is 9.09. The minimum atomic E-state index is -0.718.